The molecule has 0 aliphatic carbocycles. The van der Waals surface area contributed by atoms with Gasteiger partial charge < -0.3 is 10.1 Å². The van der Waals surface area contributed by atoms with Gasteiger partial charge in [0.05, 0.1) is 6.04 Å². The van der Waals surface area contributed by atoms with Crippen molar-refractivity contribution in [1.29, 1.82) is 0 Å². The monoisotopic (exact) mass is 328 g/mol. The van der Waals surface area contributed by atoms with Crippen molar-refractivity contribution in [2.75, 3.05) is 13.2 Å². The van der Waals surface area contributed by atoms with Crippen molar-refractivity contribution in [2.24, 2.45) is 5.92 Å². The van der Waals surface area contributed by atoms with Crippen molar-refractivity contribution in [2.45, 2.75) is 25.4 Å². The molecule has 3 rings (SSSR count). The fourth-order valence-electron chi connectivity index (χ4n) is 2.94. The van der Waals surface area contributed by atoms with Crippen LogP contribution in [0.15, 0.2) is 47.7 Å². The molecule has 7 heteroatoms. The van der Waals surface area contributed by atoms with E-state index in [1.54, 1.807) is 18.5 Å². The topological polar surface area (TPSA) is 86.1 Å². The summed E-state index contributed by atoms with van der Waals surface area (Å²) in [4.78, 5) is 28.3. The van der Waals surface area contributed by atoms with Crippen molar-refractivity contribution >= 4 is 5.91 Å². The van der Waals surface area contributed by atoms with Crippen molar-refractivity contribution in [1.82, 2.24) is 20.1 Å². The highest BCUT2D eigenvalue weighted by Crippen LogP contribution is 2.29. The van der Waals surface area contributed by atoms with Crippen molar-refractivity contribution in [3.05, 3.63) is 58.8 Å². The second-order valence-electron chi connectivity index (χ2n) is 5.80. The van der Waals surface area contributed by atoms with E-state index in [1.807, 2.05) is 12.1 Å². The van der Waals surface area contributed by atoms with E-state index < -0.39 is 0 Å². The summed E-state index contributed by atoms with van der Waals surface area (Å²) in [7, 11) is 0. The summed E-state index contributed by atoms with van der Waals surface area (Å²) in [5.74, 6) is 0.0449. The van der Waals surface area contributed by atoms with E-state index in [-0.39, 0.29) is 30.0 Å². The maximum absolute atomic E-state index is 12.4. The highest BCUT2D eigenvalue weighted by molar-refractivity contribution is 5.76. The first-order valence-corrected chi connectivity index (χ1v) is 8.03. The normalized spacial score (nSPS) is 16.5. The van der Waals surface area contributed by atoms with E-state index in [1.165, 1.54) is 12.3 Å². The van der Waals surface area contributed by atoms with Gasteiger partial charge in [-0.1, -0.05) is 6.07 Å². The Morgan fingerprint density at radius 3 is 2.79 bits per heavy atom. The first kappa shape index (κ1) is 16.3. The van der Waals surface area contributed by atoms with E-state index in [0.29, 0.717) is 13.2 Å². The first-order valence-electron chi connectivity index (χ1n) is 8.03. The molecule has 1 N–H and O–H groups in total. The van der Waals surface area contributed by atoms with Gasteiger partial charge in [-0.05, 0) is 36.5 Å². The predicted molar refractivity (Wildman–Crippen MR) is 87.2 cm³/mol. The zero-order valence-corrected chi connectivity index (χ0v) is 13.3. The molecule has 0 spiro atoms. The molecule has 0 bridgehead atoms. The number of carbonyl (C=O) groups is 1. The van der Waals surface area contributed by atoms with Crippen molar-refractivity contribution in [3.8, 4) is 0 Å². The van der Waals surface area contributed by atoms with Crippen LogP contribution in [0.2, 0.25) is 0 Å². The van der Waals surface area contributed by atoms with E-state index >= 15 is 0 Å². The summed E-state index contributed by atoms with van der Waals surface area (Å²) in [6, 6.07) is 6.61. The Morgan fingerprint density at radius 2 is 2.08 bits per heavy atom. The molecule has 0 saturated carbocycles. The lowest BCUT2D eigenvalue weighted by molar-refractivity contribution is -0.123. The van der Waals surface area contributed by atoms with Crippen LogP contribution in [0.3, 0.4) is 0 Å². The van der Waals surface area contributed by atoms with Gasteiger partial charge in [0.15, 0.2) is 0 Å². The molecule has 3 heterocycles. The zero-order valence-electron chi connectivity index (χ0n) is 13.3. The Kier molecular flexibility index (Phi) is 5.32. The number of aromatic nitrogens is 3. The molecular weight excluding hydrogens is 308 g/mol. The quantitative estimate of drug-likeness (QED) is 0.882. The molecule has 0 aromatic carbocycles. The molecule has 1 aliphatic rings. The maximum atomic E-state index is 12.4. The third-order valence-electron chi connectivity index (χ3n) is 4.18. The Morgan fingerprint density at radius 1 is 1.29 bits per heavy atom. The number of hydrogen-bond donors (Lipinski definition) is 1. The van der Waals surface area contributed by atoms with Crippen LogP contribution >= 0.6 is 0 Å². The number of amides is 1. The predicted octanol–water partition coefficient (Wildman–Crippen LogP) is 0.922. The summed E-state index contributed by atoms with van der Waals surface area (Å²) in [5, 5.41) is 6.97. The summed E-state index contributed by atoms with van der Waals surface area (Å²) < 4.78 is 6.57. The van der Waals surface area contributed by atoms with Crippen LogP contribution in [0.5, 0.6) is 0 Å². The number of nitrogens with one attached hydrogen (secondary N) is 1. The molecule has 126 valence electrons. The van der Waals surface area contributed by atoms with E-state index in [4.69, 9.17) is 4.74 Å². The fraction of sp³-hybridized carbons (Fsp3) is 0.412. The molecule has 1 fully saturated rings. The standard InChI is InChI=1S/C17H20N4O3/c22-15(12-21-16(23)4-2-8-19-21)20-17(13-5-9-24-10-6-13)14-3-1-7-18-11-14/h1-4,7-8,11,13,17H,5-6,9-10,12H2,(H,20,22)/t17-/m1/s1. The van der Waals surface area contributed by atoms with Crippen LogP contribution in [-0.2, 0) is 16.1 Å². The van der Waals surface area contributed by atoms with Gasteiger partial charge in [-0.3, -0.25) is 14.6 Å². The lowest BCUT2D eigenvalue weighted by atomic mass is 9.87. The largest absolute Gasteiger partial charge is 0.381 e. The number of rotatable bonds is 5. The minimum atomic E-state index is -0.295. The van der Waals surface area contributed by atoms with Gasteiger partial charge in [-0.2, -0.15) is 5.10 Å². The van der Waals surface area contributed by atoms with Gasteiger partial charge in [0.2, 0.25) is 5.91 Å². The van der Waals surface area contributed by atoms with Crippen LogP contribution in [0, 0.1) is 5.92 Å². The second-order valence-corrected chi connectivity index (χ2v) is 5.80. The van der Waals surface area contributed by atoms with Crippen molar-refractivity contribution < 1.29 is 9.53 Å². The summed E-state index contributed by atoms with van der Waals surface area (Å²) >= 11 is 0. The fourth-order valence-corrected chi connectivity index (χ4v) is 2.94. The molecule has 1 aliphatic heterocycles. The number of nitrogens with zero attached hydrogens (tertiary/aromatic N) is 3. The first-order chi connectivity index (χ1) is 11.7. The van der Waals surface area contributed by atoms with Gasteiger partial charge in [0.1, 0.15) is 6.54 Å². The van der Waals surface area contributed by atoms with Crippen LogP contribution in [0.4, 0.5) is 0 Å². The molecule has 7 nitrogen and oxygen atoms in total. The third kappa shape index (κ3) is 4.05. The molecule has 0 radical (unpaired) electrons. The van der Waals surface area contributed by atoms with E-state index in [0.717, 1.165) is 23.1 Å². The zero-order chi connectivity index (χ0) is 16.8. The second kappa shape index (κ2) is 7.83. The molecule has 2 aromatic heterocycles. The number of pyridine rings is 1. The van der Waals surface area contributed by atoms with Gasteiger partial charge in [0, 0.05) is 37.9 Å². The summed E-state index contributed by atoms with van der Waals surface area (Å²) in [6.45, 7) is 1.29. The molecule has 24 heavy (non-hydrogen) atoms. The smallest absolute Gasteiger partial charge is 0.267 e. The molecular formula is C17H20N4O3. The molecule has 1 saturated heterocycles. The Balaban J connectivity index is 1.75. The maximum Gasteiger partial charge on any atom is 0.267 e. The lowest BCUT2D eigenvalue weighted by Crippen LogP contribution is -2.39. The van der Waals surface area contributed by atoms with Crippen LogP contribution in [0.1, 0.15) is 24.4 Å². The average molecular weight is 328 g/mol. The highest BCUT2D eigenvalue weighted by Gasteiger charge is 2.27. The lowest BCUT2D eigenvalue weighted by Gasteiger charge is -2.31. The summed E-state index contributed by atoms with van der Waals surface area (Å²) in [6.07, 6.45) is 6.73. The van der Waals surface area contributed by atoms with Gasteiger partial charge in [0.25, 0.3) is 5.56 Å². The Labute approximate surface area is 139 Å². The average Bonchev–Trinajstić information content (AvgIpc) is 2.63. The summed E-state index contributed by atoms with van der Waals surface area (Å²) in [5.41, 5.74) is 0.669. The third-order valence-corrected chi connectivity index (χ3v) is 4.18. The van der Waals surface area contributed by atoms with Gasteiger partial charge in [-0.25, -0.2) is 4.68 Å². The number of ether oxygens (including phenoxy) is 1. The van der Waals surface area contributed by atoms with Crippen LogP contribution in [-0.4, -0.2) is 33.9 Å². The number of hydrogen-bond acceptors (Lipinski definition) is 5. The van der Waals surface area contributed by atoms with Crippen LogP contribution < -0.4 is 10.9 Å². The van der Waals surface area contributed by atoms with Gasteiger partial charge >= 0.3 is 0 Å². The van der Waals surface area contributed by atoms with Gasteiger partial charge in [-0.15, -0.1) is 0 Å². The molecule has 2 aromatic rings. The molecule has 1 atom stereocenters. The van der Waals surface area contributed by atoms with Crippen LogP contribution in [0.25, 0.3) is 0 Å². The Hall–Kier alpha value is -2.54. The SMILES string of the molecule is O=C(Cn1ncccc1=O)N[C@@H](c1cccnc1)C1CCOCC1. The van der Waals surface area contributed by atoms with E-state index in [2.05, 4.69) is 15.4 Å². The van der Waals surface area contributed by atoms with E-state index in [9.17, 15) is 9.59 Å². The molecule has 0 unspecified atom stereocenters. The minimum absolute atomic E-state index is 0.0976. The van der Waals surface area contributed by atoms with Crippen molar-refractivity contribution in [3.63, 3.8) is 0 Å². The molecule has 1 amide bonds. The number of carbonyl (C=O) groups excluding carboxylic acids is 1. The Bertz CT molecular complexity index is 726. The highest BCUT2D eigenvalue weighted by atomic mass is 16.5. The minimum Gasteiger partial charge on any atom is -0.381 e.